The van der Waals surface area contributed by atoms with Gasteiger partial charge in [-0.05, 0) is 38.5 Å². The van der Waals surface area contributed by atoms with Crippen molar-refractivity contribution in [3.8, 4) is 11.4 Å². The molecule has 1 aromatic carbocycles. The molecule has 8 heteroatoms. The molecule has 7 nitrogen and oxygen atoms in total. The van der Waals surface area contributed by atoms with Crippen LogP contribution in [0.15, 0.2) is 12.1 Å². The molecule has 2 heterocycles. The second kappa shape index (κ2) is 5.74. The van der Waals surface area contributed by atoms with Gasteiger partial charge >= 0.3 is 0 Å². The molecule has 0 atom stereocenters. The highest BCUT2D eigenvalue weighted by atomic mass is 19.1. The monoisotopic (exact) mass is 353 g/mol. The van der Waals surface area contributed by atoms with Crippen LogP contribution in [0.2, 0.25) is 0 Å². The number of phenolic OH excluding ortho intramolecular Hbond substituents is 1. The first kappa shape index (κ1) is 17.2. The maximum absolute atomic E-state index is 13.8. The number of hydrogen-bond donors (Lipinski definition) is 3. The third-order valence-corrected chi connectivity index (χ3v) is 4.39. The number of primary amides is 1. The lowest BCUT2D eigenvalue weighted by Gasteiger charge is -2.16. The number of aromatic nitrogens is 2. The van der Waals surface area contributed by atoms with Crippen LogP contribution >= 0.6 is 0 Å². The molecule has 3 aromatic rings. The fraction of sp³-hybridized carbons (Fsp3) is 0.167. The molecule has 5 N–H and O–H groups in total. The van der Waals surface area contributed by atoms with Crippen LogP contribution in [-0.4, -0.2) is 20.6 Å². The Kier molecular flexibility index (Phi) is 3.80. The summed E-state index contributed by atoms with van der Waals surface area (Å²) in [5.41, 5.74) is 13.9. The summed E-state index contributed by atoms with van der Waals surface area (Å²) in [5, 5.41) is 10.3. The number of carbonyl (C=O) groups excluding carboxylic acids is 1. The van der Waals surface area contributed by atoms with Crippen molar-refractivity contribution in [3.63, 3.8) is 0 Å². The first-order valence-corrected chi connectivity index (χ1v) is 7.66. The van der Waals surface area contributed by atoms with Crippen LogP contribution in [0.3, 0.4) is 0 Å². The minimum Gasteiger partial charge on any atom is -0.505 e. The Labute approximate surface area is 148 Å². The van der Waals surface area contributed by atoms with Crippen LogP contribution in [0.1, 0.15) is 27.2 Å². The number of nitrogen functional groups attached to an aromatic ring is 1. The van der Waals surface area contributed by atoms with Gasteiger partial charge in [-0.2, -0.15) is 0 Å². The molecule has 3 rings (SSSR count). The zero-order valence-corrected chi connectivity index (χ0v) is 14.4. The number of nitrogens with zero attached hydrogens (tertiary/aromatic N) is 3. The topological polar surface area (TPSA) is 112 Å². The van der Waals surface area contributed by atoms with Crippen molar-refractivity contribution in [2.45, 2.75) is 20.8 Å². The van der Waals surface area contributed by atoms with Crippen molar-refractivity contribution >= 4 is 28.4 Å². The Morgan fingerprint density at radius 1 is 1.35 bits per heavy atom. The van der Waals surface area contributed by atoms with Crippen molar-refractivity contribution < 1.29 is 14.3 Å². The number of phenols is 1. The number of hydrogen-bond acceptors (Lipinski definition) is 4. The van der Waals surface area contributed by atoms with Crippen LogP contribution in [0.5, 0.6) is 5.75 Å². The van der Waals surface area contributed by atoms with Gasteiger partial charge in [-0.3, -0.25) is 9.36 Å². The van der Waals surface area contributed by atoms with E-state index in [0.717, 1.165) is 0 Å². The van der Waals surface area contributed by atoms with Crippen molar-refractivity contribution in [1.29, 1.82) is 0 Å². The maximum Gasteiger partial charge on any atom is 0.253 e. The molecule has 0 saturated heterocycles. The molecule has 0 unspecified atom stereocenters. The van der Waals surface area contributed by atoms with Gasteiger partial charge in [0.25, 0.3) is 5.91 Å². The van der Waals surface area contributed by atoms with E-state index in [0.29, 0.717) is 28.0 Å². The summed E-state index contributed by atoms with van der Waals surface area (Å²) in [6, 6.07) is 2.68. The van der Waals surface area contributed by atoms with E-state index in [1.54, 1.807) is 13.8 Å². The fourth-order valence-electron chi connectivity index (χ4n) is 3.16. The molecule has 0 bridgehead atoms. The molecule has 2 aromatic heterocycles. The standard InChI is InChI=1S/C18H16FN5O2/c1-7-5-11(19)15(25)8(2)14(7)24-16(20)13(17(21)26)10-6-12(22-4)9(3)23-18(10)24/h5-6,25H,20H2,1-3H3,(H2,21,26). The number of rotatable bonds is 2. The SMILES string of the molecule is [C-]#[N+]c1cc2c(C(N)=O)c(N)n(-c3c(C)cc(F)c(O)c3C)c2nc1C. The first-order chi connectivity index (χ1) is 12.2. The first-order valence-electron chi connectivity index (χ1n) is 7.66. The molecular formula is C18H16FN5O2. The second-order valence-corrected chi connectivity index (χ2v) is 6.03. The van der Waals surface area contributed by atoms with E-state index in [1.165, 1.54) is 23.6 Å². The lowest BCUT2D eigenvalue weighted by Crippen LogP contribution is -2.14. The normalized spacial score (nSPS) is 10.9. The van der Waals surface area contributed by atoms with Crippen LogP contribution < -0.4 is 11.5 Å². The predicted octanol–water partition coefficient (Wildman–Crippen LogP) is 3.03. The van der Waals surface area contributed by atoms with Gasteiger partial charge in [0.15, 0.2) is 11.6 Å². The quantitative estimate of drug-likeness (QED) is 0.615. The van der Waals surface area contributed by atoms with Gasteiger partial charge in [0, 0.05) is 16.6 Å². The average Bonchev–Trinajstić information content (AvgIpc) is 2.84. The van der Waals surface area contributed by atoms with Gasteiger partial charge in [0.1, 0.15) is 11.5 Å². The van der Waals surface area contributed by atoms with Crippen LogP contribution in [0.25, 0.3) is 21.6 Å². The number of aryl methyl sites for hydroxylation is 2. The Morgan fingerprint density at radius 3 is 2.58 bits per heavy atom. The number of aromatic hydroxyl groups is 1. The van der Waals surface area contributed by atoms with E-state index in [-0.39, 0.29) is 22.6 Å². The molecule has 0 aliphatic carbocycles. The lowest BCUT2D eigenvalue weighted by atomic mass is 10.1. The van der Waals surface area contributed by atoms with Crippen molar-refractivity contribution in [2.75, 3.05) is 5.73 Å². The van der Waals surface area contributed by atoms with Gasteiger partial charge in [0.2, 0.25) is 5.69 Å². The smallest absolute Gasteiger partial charge is 0.253 e. The molecule has 0 aliphatic heterocycles. The summed E-state index contributed by atoms with van der Waals surface area (Å²) in [6.07, 6.45) is 0. The van der Waals surface area contributed by atoms with Crippen LogP contribution in [-0.2, 0) is 0 Å². The number of fused-ring (bicyclic) bond motifs is 1. The Morgan fingerprint density at radius 2 is 2.00 bits per heavy atom. The van der Waals surface area contributed by atoms with Crippen molar-refractivity contribution in [3.05, 3.63) is 51.8 Å². The Hall–Kier alpha value is -3.60. The van der Waals surface area contributed by atoms with Gasteiger partial charge in [-0.1, -0.05) is 0 Å². The predicted molar refractivity (Wildman–Crippen MR) is 96.1 cm³/mol. The van der Waals surface area contributed by atoms with E-state index in [9.17, 15) is 14.3 Å². The number of halogens is 1. The van der Waals surface area contributed by atoms with Crippen LogP contribution in [0, 0.1) is 33.2 Å². The van der Waals surface area contributed by atoms with Gasteiger partial charge in [-0.25, -0.2) is 14.2 Å². The third-order valence-electron chi connectivity index (χ3n) is 4.39. The number of carbonyl (C=O) groups is 1. The maximum atomic E-state index is 13.8. The second-order valence-electron chi connectivity index (χ2n) is 6.03. The number of pyridine rings is 1. The molecule has 132 valence electrons. The van der Waals surface area contributed by atoms with E-state index < -0.39 is 17.5 Å². The summed E-state index contributed by atoms with van der Waals surface area (Å²) in [6.45, 7) is 12.1. The number of anilines is 1. The lowest BCUT2D eigenvalue weighted by molar-refractivity contribution is 0.100. The Balaban J connectivity index is 2.56. The van der Waals surface area contributed by atoms with E-state index in [1.807, 2.05) is 0 Å². The third kappa shape index (κ3) is 2.25. The van der Waals surface area contributed by atoms with E-state index in [2.05, 4.69) is 9.83 Å². The van der Waals surface area contributed by atoms with E-state index >= 15 is 0 Å². The zero-order chi connectivity index (χ0) is 19.3. The fourth-order valence-corrected chi connectivity index (χ4v) is 3.16. The average molecular weight is 353 g/mol. The van der Waals surface area contributed by atoms with Gasteiger partial charge < -0.3 is 16.6 Å². The molecule has 0 spiro atoms. The van der Waals surface area contributed by atoms with Gasteiger partial charge in [-0.15, -0.1) is 0 Å². The summed E-state index contributed by atoms with van der Waals surface area (Å²) < 4.78 is 15.3. The van der Waals surface area contributed by atoms with Crippen LogP contribution in [0.4, 0.5) is 15.9 Å². The molecule has 0 saturated carbocycles. The van der Waals surface area contributed by atoms with Crippen molar-refractivity contribution in [1.82, 2.24) is 9.55 Å². The minimum atomic E-state index is -0.769. The molecule has 26 heavy (non-hydrogen) atoms. The highest BCUT2D eigenvalue weighted by molar-refractivity contribution is 6.11. The highest BCUT2D eigenvalue weighted by Gasteiger charge is 2.25. The number of nitrogens with two attached hydrogens (primary N) is 2. The molecule has 1 amide bonds. The summed E-state index contributed by atoms with van der Waals surface area (Å²) >= 11 is 0. The summed E-state index contributed by atoms with van der Waals surface area (Å²) in [7, 11) is 0. The van der Waals surface area contributed by atoms with Gasteiger partial charge in [0.05, 0.1) is 17.8 Å². The number of amides is 1. The largest absolute Gasteiger partial charge is 0.505 e. The van der Waals surface area contributed by atoms with E-state index in [4.69, 9.17) is 18.0 Å². The zero-order valence-electron chi connectivity index (χ0n) is 14.4. The Bertz CT molecular complexity index is 1140. The minimum absolute atomic E-state index is 0.0127. The molecule has 0 fully saturated rings. The molecule has 0 radical (unpaired) electrons. The summed E-state index contributed by atoms with van der Waals surface area (Å²) in [4.78, 5) is 19.8. The number of benzene rings is 1. The molecule has 0 aliphatic rings. The highest BCUT2D eigenvalue weighted by Crippen LogP contribution is 2.38. The summed E-state index contributed by atoms with van der Waals surface area (Å²) in [5.74, 6) is -2.02. The van der Waals surface area contributed by atoms with Crippen molar-refractivity contribution in [2.24, 2.45) is 5.73 Å². The molecular weight excluding hydrogens is 337 g/mol.